The molecule has 0 bridgehead atoms. The van der Waals surface area contributed by atoms with Crippen LogP contribution in [0.15, 0.2) is 56.9 Å². The van der Waals surface area contributed by atoms with Crippen molar-refractivity contribution in [1.82, 2.24) is 9.03 Å². The first-order valence-electron chi connectivity index (χ1n) is 7.01. The van der Waals surface area contributed by atoms with E-state index < -0.39 is 26.0 Å². The van der Waals surface area contributed by atoms with Gasteiger partial charge in [0.05, 0.1) is 16.1 Å². The van der Waals surface area contributed by atoms with E-state index in [1.54, 1.807) is 0 Å². The summed E-state index contributed by atoms with van der Waals surface area (Å²) in [6.07, 6.45) is 2.01. The minimum absolute atomic E-state index is 0.129. The molecule has 24 heavy (non-hydrogen) atoms. The fourth-order valence-corrected chi connectivity index (χ4v) is 4.76. The van der Waals surface area contributed by atoms with Gasteiger partial charge in [-0.2, -0.15) is 4.31 Å². The Hall–Kier alpha value is -2.17. The van der Waals surface area contributed by atoms with E-state index >= 15 is 0 Å². The van der Waals surface area contributed by atoms with Gasteiger partial charge in [-0.3, -0.25) is 4.79 Å². The third kappa shape index (κ3) is 3.07. The first-order chi connectivity index (χ1) is 11.3. The number of nitrogens with zero attached hydrogens (tertiary/aromatic N) is 1. The summed E-state index contributed by atoms with van der Waals surface area (Å²) < 4.78 is 57.2. The number of sulfonamides is 2. The Balaban J connectivity index is 1.89. The number of amides is 1. The molecule has 0 atom stereocenters. The van der Waals surface area contributed by atoms with Gasteiger partial charge in [-0.15, -0.1) is 0 Å². The highest BCUT2D eigenvalue weighted by Crippen LogP contribution is 2.23. The molecule has 1 aromatic heterocycles. The van der Waals surface area contributed by atoms with Crippen LogP contribution in [-0.4, -0.2) is 40.1 Å². The van der Waals surface area contributed by atoms with Gasteiger partial charge in [-0.1, -0.05) is 6.07 Å². The van der Waals surface area contributed by atoms with Gasteiger partial charge in [-0.05, 0) is 36.8 Å². The predicted octanol–water partition coefficient (Wildman–Crippen LogP) is 0.793. The molecule has 0 radical (unpaired) electrons. The molecule has 1 amide bonds. The maximum absolute atomic E-state index is 12.3. The minimum Gasteiger partial charge on any atom is -0.459 e. The van der Waals surface area contributed by atoms with Gasteiger partial charge < -0.3 is 4.42 Å². The Bertz CT molecular complexity index is 960. The molecule has 1 fully saturated rings. The molecule has 1 aromatic carbocycles. The summed E-state index contributed by atoms with van der Waals surface area (Å²) in [5.41, 5.74) is 0. The Morgan fingerprint density at radius 3 is 2.33 bits per heavy atom. The zero-order valence-electron chi connectivity index (χ0n) is 12.4. The minimum atomic E-state index is -4.23. The second-order valence-corrected chi connectivity index (χ2v) is 8.76. The summed E-state index contributed by atoms with van der Waals surface area (Å²) in [5.74, 6) is -1.10. The maximum atomic E-state index is 12.3. The highest BCUT2D eigenvalue weighted by molar-refractivity contribution is 7.90. The molecule has 2 heterocycles. The van der Waals surface area contributed by atoms with Gasteiger partial charge in [0.1, 0.15) is 0 Å². The van der Waals surface area contributed by atoms with Crippen molar-refractivity contribution in [1.29, 1.82) is 0 Å². The van der Waals surface area contributed by atoms with Gasteiger partial charge in [-0.25, -0.2) is 21.6 Å². The fourth-order valence-electron chi connectivity index (χ4n) is 2.12. The number of hydrogen-bond donors (Lipinski definition) is 1. The van der Waals surface area contributed by atoms with Crippen LogP contribution in [0, 0.1) is 0 Å². The number of furan rings is 1. The normalized spacial score (nSPS) is 15.7. The topological polar surface area (TPSA) is 114 Å². The Labute approximate surface area is 139 Å². The molecule has 128 valence electrons. The molecule has 1 N–H and O–H groups in total. The molecule has 10 heteroatoms. The summed E-state index contributed by atoms with van der Waals surface area (Å²) in [7, 11) is -7.94. The molecule has 1 aliphatic heterocycles. The van der Waals surface area contributed by atoms with Crippen molar-refractivity contribution in [2.75, 3.05) is 13.1 Å². The van der Waals surface area contributed by atoms with Crippen LogP contribution in [0.4, 0.5) is 0 Å². The van der Waals surface area contributed by atoms with Crippen molar-refractivity contribution < 1.29 is 26.0 Å². The van der Waals surface area contributed by atoms with E-state index in [9.17, 15) is 21.6 Å². The molecule has 8 nitrogen and oxygen atoms in total. The number of benzene rings is 1. The quantitative estimate of drug-likeness (QED) is 0.832. The lowest BCUT2D eigenvalue weighted by molar-refractivity contribution is 0.0954. The zero-order chi connectivity index (χ0) is 17.4. The van der Waals surface area contributed by atoms with Gasteiger partial charge >= 0.3 is 5.91 Å². The van der Waals surface area contributed by atoms with Crippen LogP contribution in [0.1, 0.15) is 17.0 Å². The first kappa shape index (κ1) is 16.7. The van der Waals surface area contributed by atoms with E-state index in [1.165, 1.54) is 40.9 Å². The van der Waals surface area contributed by atoms with Crippen molar-refractivity contribution in [2.24, 2.45) is 0 Å². The number of hydrogen-bond acceptors (Lipinski definition) is 6. The number of nitrogens with one attached hydrogen (secondary N) is 1. The Kier molecular flexibility index (Phi) is 4.20. The number of carbonyl (C=O) groups is 1. The maximum Gasteiger partial charge on any atom is 0.300 e. The van der Waals surface area contributed by atoms with Crippen LogP contribution in [0.2, 0.25) is 0 Å². The third-order valence-electron chi connectivity index (χ3n) is 3.54. The fraction of sp³-hybridized carbons (Fsp3) is 0.214. The van der Waals surface area contributed by atoms with E-state index in [-0.39, 0.29) is 15.6 Å². The highest BCUT2D eigenvalue weighted by Gasteiger charge is 2.30. The average molecular weight is 370 g/mol. The number of rotatable bonds is 5. The standard InChI is InChI=1S/C14H14N2O6S2/c17-14(13-6-2-9-22-13)15-23(18,19)11-4-1-5-12(10-11)24(20,21)16-7-3-8-16/h1-2,4-6,9-10H,3,7-8H2,(H,15,17). The lowest BCUT2D eigenvalue weighted by Crippen LogP contribution is -2.42. The highest BCUT2D eigenvalue weighted by atomic mass is 32.2. The van der Waals surface area contributed by atoms with Crippen LogP contribution in [0.25, 0.3) is 0 Å². The zero-order valence-corrected chi connectivity index (χ0v) is 14.0. The lowest BCUT2D eigenvalue weighted by atomic mass is 10.3. The van der Waals surface area contributed by atoms with Crippen molar-refractivity contribution in [3.05, 3.63) is 48.4 Å². The molecule has 1 aliphatic rings. The van der Waals surface area contributed by atoms with E-state index in [0.29, 0.717) is 13.1 Å². The summed E-state index contributed by atoms with van der Waals surface area (Å²) in [6, 6.07) is 7.65. The van der Waals surface area contributed by atoms with Crippen molar-refractivity contribution in [2.45, 2.75) is 16.2 Å². The van der Waals surface area contributed by atoms with E-state index in [4.69, 9.17) is 4.42 Å². The summed E-state index contributed by atoms with van der Waals surface area (Å²) >= 11 is 0. The Morgan fingerprint density at radius 1 is 1.04 bits per heavy atom. The SMILES string of the molecule is O=C(NS(=O)(=O)c1cccc(S(=O)(=O)N2CCC2)c1)c1ccco1. The largest absolute Gasteiger partial charge is 0.459 e. The Morgan fingerprint density at radius 2 is 1.75 bits per heavy atom. The smallest absolute Gasteiger partial charge is 0.300 e. The van der Waals surface area contributed by atoms with Crippen LogP contribution in [0.3, 0.4) is 0 Å². The second kappa shape index (κ2) is 6.04. The van der Waals surface area contributed by atoms with E-state index in [1.807, 2.05) is 4.72 Å². The summed E-state index contributed by atoms with van der Waals surface area (Å²) in [6.45, 7) is 0.823. The van der Waals surface area contributed by atoms with Gasteiger partial charge in [0, 0.05) is 13.1 Å². The van der Waals surface area contributed by atoms with Gasteiger partial charge in [0.2, 0.25) is 10.0 Å². The lowest BCUT2D eigenvalue weighted by Gasteiger charge is -2.29. The molecule has 2 aromatic rings. The van der Waals surface area contributed by atoms with Gasteiger partial charge in [0.25, 0.3) is 10.0 Å². The first-order valence-corrected chi connectivity index (χ1v) is 9.94. The van der Waals surface area contributed by atoms with Crippen molar-refractivity contribution in [3.63, 3.8) is 0 Å². The molecule has 1 saturated heterocycles. The molecule has 0 aliphatic carbocycles. The van der Waals surface area contributed by atoms with Crippen LogP contribution >= 0.6 is 0 Å². The number of carbonyl (C=O) groups excluding carboxylic acids is 1. The van der Waals surface area contributed by atoms with E-state index in [0.717, 1.165) is 12.5 Å². The molecule has 0 unspecified atom stereocenters. The van der Waals surface area contributed by atoms with Crippen LogP contribution < -0.4 is 4.72 Å². The van der Waals surface area contributed by atoms with Crippen molar-refractivity contribution in [3.8, 4) is 0 Å². The van der Waals surface area contributed by atoms with Crippen molar-refractivity contribution >= 4 is 26.0 Å². The molecule has 0 saturated carbocycles. The third-order valence-corrected chi connectivity index (χ3v) is 6.76. The molecule has 3 rings (SSSR count). The van der Waals surface area contributed by atoms with E-state index in [2.05, 4.69) is 0 Å². The second-order valence-electron chi connectivity index (χ2n) is 5.14. The monoisotopic (exact) mass is 370 g/mol. The average Bonchev–Trinajstić information content (AvgIpc) is 2.99. The van der Waals surface area contributed by atoms with Crippen LogP contribution in [0.5, 0.6) is 0 Å². The summed E-state index contributed by atoms with van der Waals surface area (Å²) in [4.78, 5) is 11.4. The summed E-state index contributed by atoms with van der Waals surface area (Å²) in [5, 5.41) is 0. The van der Waals surface area contributed by atoms with Gasteiger partial charge in [0.15, 0.2) is 5.76 Å². The van der Waals surface area contributed by atoms with Crippen LogP contribution in [-0.2, 0) is 20.0 Å². The molecule has 0 spiro atoms. The molecular weight excluding hydrogens is 356 g/mol. The predicted molar refractivity (Wildman–Crippen MR) is 83.2 cm³/mol. The molecular formula is C14H14N2O6S2.